The van der Waals surface area contributed by atoms with E-state index in [9.17, 15) is 14.0 Å². The van der Waals surface area contributed by atoms with Crippen LogP contribution in [0.1, 0.15) is 67.2 Å². The maximum absolute atomic E-state index is 14.6. The van der Waals surface area contributed by atoms with E-state index in [0.717, 1.165) is 25.5 Å². The summed E-state index contributed by atoms with van der Waals surface area (Å²) in [6, 6.07) is 0. The molecular weight excluding hydrogens is 471 g/mol. The van der Waals surface area contributed by atoms with Crippen LogP contribution in [-0.2, 0) is 19.1 Å². The second-order valence-electron chi connectivity index (χ2n) is 8.36. The highest BCUT2D eigenvalue weighted by molar-refractivity contribution is 5.79. The van der Waals surface area contributed by atoms with Crippen molar-refractivity contribution in [3.05, 3.63) is 82.9 Å². The average molecular weight is 517 g/mol. The number of rotatable bonds is 18. The molecule has 206 valence electrons. The van der Waals surface area contributed by atoms with Gasteiger partial charge in [0.25, 0.3) is 0 Å². The third-order valence-corrected chi connectivity index (χ3v) is 5.18. The van der Waals surface area contributed by atoms with Crippen molar-refractivity contribution in [2.75, 3.05) is 26.8 Å². The van der Waals surface area contributed by atoms with E-state index in [1.54, 1.807) is 49.4 Å². The van der Waals surface area contributed by atoms with Crippen LogP contribution in [0, 0.1) is 0 Å². The number of nitrogens with zero attached hydrogens (tertiary/aromatic N) is 1. The van der Waals surface area contributed by atoms with Crippen LogP contribution < -0.4 is 5.32 Å². The zero-order valence-corrected chi connectivity index (χ0v) is 23.7. The summed E-state index contributed by atoms with van der Waals surface area (Å²) in [6.07, 6.45) is 14.1. The number of amides is 1. The molecule has 0 atom stereocenters. The standard InChI is InChI=1S/C30H45FN2O4/c1-9-13-18-37-28(15-11-3)30(24(6)25(7)31)33(21-29(35)32-12-4)20-26(22-34)19-23(5)16-17-27(36-8)14-10-2/h11,14-17,20,22H,5,9-10,12-13,18-19,21H2,1-4,6-8H3,(H,32,35)/b15-11-,17-16-,25-24+,26-20-,27-14+,30-28-. The minimum absolute atomic E-state index is 0.126. The molecule has 0 saturated carbocycles. The second kappa shape index (κ2) is 19.8. The first-order valence-electron chi connectivity index (χ1n) is 12.8. The minimum Gasteiger partial charge on any atom is -0.497 e. The Bertz CT molecular complexity index is 935. The molecule has 0 aromatic carbocycles. The predicted molar refractivity (Wildman–Crippen MR) is 150 cm³/mol. The Kier molecular flexibility index (Phi) is 18.0. The van der Waals surface area contributed by atoms with Crippen LogP contribution >= 0.6 is 0 Å². The van der Waals surface area contributed by atoms with Gasteiger partial charge in [0.05, 0.1) is 19.4 Å². The zero-order valence-electron chi connectivity index (χ0n) is 23.7. The molecule has 7 heteroatoms. The predicted octanol–water partition coefficient (Wildman–Crippen LogP) is 6.82. The molecule has 0 aliphatic carbocycles. The molecule has 0 saturated heterocycles. The molecular formula is C30H45FN2O4. The highest BCUT2D eigenvalue weighted by Crippen LogP contribution is 2.27. The van der Waals surface area contributed by atoms with Gasteiger partial charge in [-0.05, 0) is 58.8 Å². The van der Waals surface area contributed by atoms with Crippen molar-refractivity contribution >= 4 is 12.2 Å². The molecule has 0 aromatic rings. The van der Waals surface area contributed by atoms with Gasteiger partial charge < -0.3 is 19.7 Å². The second-order valence-corrected chi connectivity index (χ2v) is 8.36. The van der Waals surface area contributed by atoms with Crippen molar-refractivity contribution in [2.45, 2.75) is 67.2 Å². The highest BCUT2D eigenvalue weighted by atomic mass is 19.1. The Hall–Kier alpha value is -3.35. The number of hydrogen-bond acceptors (Lipinski definition) is 5. The van der Waals surface area contributed by atoms with Crippen LogP contribution in [0.2, 0.25) is 0 Å². The lowest BCUT2D eigenvalue weighted by Crippen LogP contribution is -2.35. The molecule has 37 heavy (non-hydrogen) atoms. The maximum Gasteiger partial charge on any atom is 0.239 e. The fraction of sp³-hybridized carbons (Fsp3) is 0.467. The summed E-state index contributed by atoms with van der Waals surface area (Å²) in [4.78, 5) is 26.3. The summed E-state index contributed by atoms with van der Waals surface area (Å²) < 4.78 is 25.9. The average Bonchev–Trinajstić information content (AvgIpc) is 2.86. The molecule has 0 bridgehead atoms. The minimum atomic E-state index is -0.416. The van der Waals surface area contributed by atoms with E-state index in [0.29, 0.717) is 47.1 Å². The highest BCUT2D eigenvalue weighted by Gasteiger charge is 2.21. The largest absolute Gasteiger partial charge is 0.497 e. The Labute approximate surface area is 223 Å². The number of likely N-dealkylation sites (N-methyl/N-ethyl adjacent to an activating group) is 1. The van der Waals surface area contributed by atoms with Gasteiger partial charge in [0, 0.05) is 30.3 Å². The first kappa shape index (κ1) is 33.7. The van der Waals surface area contributed by atoms with Gasteiger partial charge in [-0.25, -0.2) is 4.39 Å². The fourth-order valence-corrected chi connectivity index (χ4v) is 3.23. The number of aldehydes is 1. The monoisotopic (exact) mass is 516 g/mol. The first-order valence-corrected chi connectivity index (χ1v) is 12.8. The molecule has 6 nitrogen and oxygen atoms in total. The third kappa shape index (κ3) is 13.5. The summed E-state index contributed by atoms with van der Waals surface area (Å²) >= 11 is 0. The molecule has 0 aliphatic rings. The summed E-state index contributed by atoms with van der Waals surface area (Å²) in [7, 11) is 1.59. The van der Waals surface area contributed by atoms with Gasteiger partial charge in [0.1, 0.15) is 30.2 Å². The lowest BCUT2D eigenvalue weighted by Gasteiger charge is -2.27. The maximum atomic E-state index is 14.6. The number of methoxy groups -OCH3 is 1. The Morgan fingerprint density at radius 2 is 1.84 bits per heavy atom. The van der Waals surface area contributed by atoms with Crippen molar-refractivity contribution in [3.63, 3.8) is 0 Å². The van der Waals surface area contributed by atoms with E-state index < -0.39 is 5.83 Å². The SMILES string of the molecule is C=C(/C=C\C(=C/CC)OC)C/C(C=O)=C/N(CC(=O)NCC)C(=C(/C=C\C)OCCCC)/C(C)=C(\C)F. The van der Waals surface area contributed by atoms with Gasteiger partial charge in [0.15, 0.2) is 0 Å². The van der Waals surface area contributed by atoms with Gasteiger partial charge in [-0.2, -0.15) is 0 Å². The van der Waals surface area contributed by atoms with E-state index in [4.69, 9.17) is 9.47 Å². The summed E-state index contributed by atoms with van der Waals surface area (Å²) in [5.74, 6) is 0.430. The number of unbranched alkanes of at least 4 members (excludes halogenated alkanes) is 1. The van der Waals surface area contributed by atoms with Crippen molar-refractivity contribution in [3.8, 4) is 0 Å². The van der Waals surface area contributed by atoms with Crippen LogP contribution in [0.15, 0.2) is 82.9 Å². The number of hydrogen-bond donors (Lipinski definition) is 1. The van der Waals surface area contributed by atoms with Crippen LogP contribution in [-0.4, -0.2) is 43.9 Å². The molecule has 0 fully saturated rings. The lowest BCUT2D eigenvalue weighted by atomic mass is 10.1. The Balaban J connectivity index is 6.67. The summed E-state index contributed by atoms with van der Waals surface area (Å²) in [5, 5.41) is 2.77. The number of ether oxygens (including phenoxy) is 2. The van der Waals surface area contributed by atoms with Crippen LogP contribution in [0.4, 0.5) is 4.39 Å². The van der Waals surface area contributed by atoms with Crippen LogP contribution in [0.5, 0.6) is 0 Å². The van der Waals surface area contributed by atoms with Gasteiger partial charge in [-0.3, -0.25) is 9.59 Å². The van der Waals surface area contributed by atoms with Crippen molar-refractivity contribution in [1.82, 2.24) is 10.2 Å². The third-order valence-electron chi connectivity index (χ3n) is 5.18. The topological polar surface area (TPSA) is 67.9 Å². The number of allylic oxidation sites excluding steroid dienone is 9. The first-order chi connectivity index (χ1) is 17.7. The van der Waals surface area contributed by atoms with Gasteiger partial charge >= 0.3 is 0 Å². The summed E-state index contributed by atoms with van der Waals surface area (Å²) in [5.41, 5.74) is 1.73. The van der Waals surface area contributed by atoms with E-state index in [-0.39, 0.29) is 18.9 Å². The summed E-state index contributed by atoms with van der Waals surface area (Å²) in [6.45, 7) is 15.5. The van der Waals surface area contributed by atoms with E-state index in [1.165, 1.54) is 6.92 Å². The molecule has 0 unspecified atom stereocenters. The van der Waals surface area contributed by atoms with Crippen LogP contribution in [0.25, 0.3) is 0 Å². The van der Waals surface area contributed by atoms with Gasteiger partial charge in [-0.15, -0.1) is 0 Å². The molecule has 0 heterocycles. The number of carbonyl (C=O) groups is 2. The molecule has 0 rings (SSSR count). The zero-order chi connectivity index (χ0) is 28.2. The fourth-order valence-electron chi connectivity index (χ4n) is 3.23. The Morgan fingerprint density at radius 1 is 1.14 bits per heavy atom. The molecule has 0 aromatic heterocycles. The van der Waals surface area contributed by atoms with Gasteiger partial charge in [0.2, 0.25) is 5.91 Å². The normalized spacial score (nSPS) is 13.8. The quantitative estimate of drug-likeness (QED) is 0.0712. The number of carbonyl (C=O) groups excluding carboxylic acids is 2. The van der Waals surface area contributed by atoms with Crippen molar-refractivity contribution in [1.29, 1.82) is 0 Å². The Morgan fingerprint density at radius 3 is 2.35 bits per heavy atom. The molecule has 0 spiro atoms. The van der Waals surface area contributed by atoms with E-state index in [2.05, 4.69) is 18.8 Å². The molecule has 0 radical (unpaired) electrons. The van der Waals surface area contributed by atoms with Crippen LogP contribution in [0.3, 0.4) is 0 Å². The smallest absolute Gasteiger partial charge is 0.239 e. The van der Waals surface area contributed by atoms with Gasteiger partial charge in [-0.1, -0.05) is 44.6 Å². The number of nitrogens with one attached hydrogen (secondary N) is 1. The molecule has 1 N–H and O–H groups in total. The van der Waals surface area contributed by atoms with E-state index in [1.807, 2.05) is 26.8 Å². The van der Waals surface area contributed by atoms with Crippen molar-refractivity contribution < 1.29 is 23.5 Å². The van der Waals surface area contributed by atoms with E-state index >= 15 is 0 Å². The number of halogens is 1. The molecule has 0 aliphatic heterocycles. The molecule has 1 amide bonds. The lowest BCUT2D eigenvalue weighted by molar-refractivity contribution is -0.121. The van der Waals surface area contributed by atoms with Crippen molar-refractivity contribution in [2.24, 2.45) is 0 Å².